The van der Waals surface area contributed by atoms with Crippen LogP contribution in [0.1, 0.15) is 39.5 Å². The van der Waals surface area contributed by atoms with Crippen molar-refractivity contribution in [1.29, 1.82) is 0 Å². The van der Waals surface area contributed by atoms with Gasteiger partial charge in [0.05, 0.1) is 13.1 Å². The molecule has 0 aliphatic carbocycles. The summed E-state index contributed by atoms with van der Waals surface area (Å²) in [6.07, 6.45) is 5.12. The van der Waals surface area contributed by atoms with Gasteiger partial charge in [-0.05, 0) is 12.8 Å². The van der Waals surface area contributed by atoms with E-state index in [9.17, 15) is 0 Å². The van der Waals surface area contributed by atoms with Crippen LogP contribution >= 0.6 is 71.0 Å². The zero-order chi connectivity index (χ0) is 12.7. The van der Waals surface area contributed by atoms with Crippen LogP contribution < -0.4 is 11.5 Å². The predicted molar refractivity (Wildman–Crippen MR) is 107 cm³/mol. The van der Waals surface area contributed by atoms with Crippen LogP contribution in [0.3, 0.4) is 0 Å². The molecule has 0 rings (SSSR count). The standard InChI is InChI=1S/2C4H11N.4HI.Pb/c2*1-2-3-4-5;;;;;/h2*2-5H2,1H3;4*1H;/q;;;;;;+4/p-2. The third kappa shape index (κ3) is 73.2. The second-order valence-corrected chi connectivity index (χ2v) is 172. The summed E-state index contributed by atoms with van der Waals surface area (Å²) in [5.41, 5.74) is 7.35. The molecule has 0 aromatic heterocycles. The van der Waals surface area contributed by atoms with Crippen molar-refractivity contribution in [2.75, 3.05) is 13.1 Å². The van der Waals surface area contributed by atoms with Crippen molar-refractivity contribution in [1.82, 2.24) is 0 Å². The van der Waals surface area contributed by atoms with Gasteiger partial charge in [0.25, 0.3) is 0 Å². The first kappa shape index (κ1) is 23.8. The van der Waals surface area contributed by atoms with Gasteiger partial charge in [-0.25, -0.2) is 0 Å². The average molecular weight is 863 g/mol. The molecule has 2 nitrogen and oxygen atoms in total. The van der Waals surface area contributed by atoms with Gasteiger partial charge in [-0.15, -0.1) is 0 Å². The predicted octanol–water partition coefficient (Wildman–Crippen LogP) is 3.22. The number of quaternary nitrogens is 2. The Bertz CT molecular complexity index is 85.1. The van der Waals surface area contributed by atoms with E-state index in [1.807, 2.05) is 0 Å². The van der Waals surface area contributed by atoms with E-state index in [0.29, 0.717) is 0 Å². The van der Waals surface area contributed by atoms with Gasteiger partial charge in [0.15, 0.2) is 0 Å². The molecule has 96 valence electrons. The molecule has 0 bridgehead atoms. The van der Waals surface area contributed by atoms with E-state index in [0.717, 1.165) is 13.1 Å². The normalized spacial score (nSPS) is 9.60. The Morgan fingerprint density at radius 2 is 1.00 bits per heavy atom. The van der Waals surface area contributed by atoms with Crippen LogP contribution in [0, 0.1) is 0 Å². The molecule has 0 spiro atoms. The molecule has 6 N–H and O–H groups in total. The summed E-state index contributed by atoms with van der Waals surface area (Å²) < 4.78 is -1.40. The van der Waals surface area contributed by atoms with Gasteiger partial charge >= 0.3 is 75.0 Å². The van der Waals surface area contributed by atoms with Crippen molar-refractivity contribution < 1.29 is 11.5 Å². The Morgan fingerprint density at radius 3 is 1.00 bits per heavy atom. The van der Waals surface area contributed by atoms with Crippen LogP contribution in [-0.4, -0.2) is 17.1 Å². The molecule has 0 amide bonds. The second kappa shape index (κ2) is 20.1. The van der Waals surface area contributed by atoms with E-state index >= 15 is 0 Å². The second-order valence-electron chi connectivity index (χ2n) is 2.84. The van der Waals surface area contributed by atoms with Gasteiger partial charge in [-0.1, -0.05) is 26.7 Å². The topological polar surface area (TPSA) is 55.3 Å². The molecule has 0 unspecified atom stereocenters. The van der Waals surface area contributed by atoms with Crippen LogP contribution in [-0.2, 0) is 0 Å². The summed E-state index contributed by atoms with van der Waals surface area (Å²) in [4.78, 5) is 0. The summed E-state index contributed by atoms with van der Waals surface area (Å²) >= 11 is 10.2. The van der Waals surface area contributed by atoms with Gasteiger partial charge in [0.1, 0.15) is 0 Å². The number of hydrogen-bond acceptors (Lipinski definition) is 0. The summed E-state index contributed by atoms with van der Waals surface area (Å²) in [5.74, 6) is 0. The maximum atomic E-state index is 3.68. The number of rotatable bonds is 4. The monoisotopic (exact) mass is 864 g/mol. The fraction of sp³-hybridized carbons (Fsp3) is 1.00. The fourth-order valence-corrected chi connectivity index (χ4v) is 0.500. The van der Waals surface area contributed by atoms with Crippen molar-refractivity contribution in [2.24, 2.45) is 0 Å². The van der Waals surface area contributed by atoms with Crippen molar-refractivity contribution in [3.8, 4) is 0 Å². The Hall–Kier alpha value is 3.76. The first-order valence-electron chi connectivity index (χ1n) is 5.17. The van der Waals surface area contributed by atoms with Crippen molar-refractivity contribution in [2.45, 2.75) is 39.5 Å². The van der Waals surface area contributed by atoms with Crippen LogP contribution in [0.5, 0.6) is 0 Å². The number of halogens is 4. The third-order valence-electron chi connectivity index (χ3n) is 1.21. The van der Waals surface area contributed by atoms with Gasteiger partial charge in [-0.3, -0.25) is 0 Å². The SMILES string of the molecule is CCCC[NH3+].CCCC[NH3+].[I][Pb]([I])([I])[I]. The molecular formula is C8H24I4N2Pb+2. The van der Waals surface area contributed by atoms with Crippen LogP contribution in [0.15, 0.2) is 0 Å². The van der Waals surface area contributed by atoms with E-state index < -0.39 is 4.00 Å². The molecule has 0 fully saturated rings. The van der Waals surface area contributed by atoms with Crippen LogP contribution in [0.2, 0.25) is 0 Å². The molecule has 0 aromatic rings. The quantitative estimate of drug-likeness (QED) is 0.323. The number of hydrogen-bond donors (Lipinski definition) is 2. The van der Waals surface area contributed by atoms with Crippen molar-refractivity contribution in [3.63, 3.8) is 0 Å². The Balaban J connectivity index is -0.000000144. The zero-order valence-corrected chi connectivity index (χ0v) is 22.2. The van der Waals surface area contributed by atoms with Crippen molar-refractivity contribution in [3.05, 3.63) is 0 Å². The summed E-state index contributed by atoms with van der Waals surface area (Å²) in [6.45, 7) is 6.53. The molecule has 7 heteroatoms. The van der Waals surface area contributed by atoms with E-state index in [-0.39, 0.29) is 0 Å². The van der Waals surface area contributed by atoms with E-state index in [2.05, 4.69) is 96.4 Å². The summed E-state index contributed by atoms with van der Waals surface area (Å²) in [5, 5.41) is 0. The summed E-state index contributed by atoms with van der Waals surface area (Å²) in [7, 11) is 0. The van der Waals surface area contributed by atoms with E-state index in [1.54, 1.807) is 0 Å². The van der Waals surface area contributed by atoms with Crippen molar-refractivity contribution >= 4 is 75.0 Å². The first-order chi connectivity index (χ1) is 6.83. The molecule has 0 saturated carbocycles. The molecule has 0 saturated heterocycles. The Morgan fingerprint density at radius 1 is 0.800 bits per heavy atom. The molecule has 0 aromatic carbocycles. The minimum atomic E-state index is -1.40. The maximum absolute atomic E-state index is 3.68. The molecule has 0 atom stereocenters. The third-order valence-corrected chi connectivity index (χ3v) is 1.21. The molecule has 0 aliphatic heterocycles. The van der Waals surface area contributed by atoms with Gasteiger partial charge in [0, 0.05) is 0 Å². The molecule has 15 heavy (non-hydrogen) atoms. The summed E-state index contributed by atoms with van der Waals surface area (Å²) in [6, 6.07) is 0. The molecular weight excluding hydrogens is 839 g/mol. The first-order valence-corrected chi connectivity index (χ1v) is 48.9. The molecule has 0 aliphatic rings. The Labute approximate surface area is 136 Å². The van der Waals surface area contributed by atoms with E-state index in [1.165, 1.54) is 25.7 Å². The van der Waals surface area contributed by atoms with Crippen LogP contribution in [0.25, 0.3) is 0 Å². The molecule has 0 heterocycles. The Kier molecular flexibility index (Phi) is 31.9. The van der Waals surface area contributed by atoms with E-state index in [4.69, 9.17) is 0 Å². The van der Waals surface area contributed by atoms with Crippen LogP contribution in [0.4, 0.5) is 0 Å². The van der Waals surface area contributed by atoms with Gasteiger partial charge in [-0.2, -0.15) is 0 Å². The van der Waals surface area contributed by atoms with Gasteiger partial charge in [0.2, 0.25) is 0 Å². The minimum absolute atomic E-state index is 1.09. The zero-order valence-electron chi connectivity index (χ0n) is 9.67. The van der Waals surface area contributed by atoms with Gasteiger partial charge < -0.3 is 11.5 Å². The molecule has 0 radical (unpaired) electrons. The average Bonchev–Trinajstić information content (AvgIpc) is 2.05. The number of unbranched alkanes of at least 4 members (excludes halogenated alkanes) is 2. The fourth-order valence-electron chi connectivity index (χ4n) is 0.500.